The Labute approximate surface area is 186 Å². The summed E-state index contributed by atoms with van der Waals surface area (Å²) in [6.07, 6.45) is 2.91. The van der Waals surface area contributed by atoms with Gasteiger partial charge < -0.3 is 21.1 Å². The molecule has 0 aromatic heterocycles. The van der Waals surface area contributed by atoms with Crippen LogP contribution in [0.2, 0.25) is 0 Å². The number of aliphatic hydroxyl groups is 1. The number of carbonyl (C=O) groups is 1. The number of rotatable bonds is 10. The van der Waals surface area contributed by atoms with Gasteiger partial charge in [0, 0.05) is 13.1 Å². The van der Waals surface area contributed by atoms with E-state index < -0.39 is 34.6 Å². The van der Waals surface area contributed by atoms with Crippen molar-refractivity contribution in [3.8, 4) is 0 Å². The third-order valence-electron chi connectivity index (χ3n) is 4.05. The molecule has 0 spiro atoms. The normalized spacial score (nSPS) is 11.6. The van der Waals surface area contributed by atoms with Crippen LogP contribution >= 0.6 is 24.0 Å². The predicted octanol–water partition coefficient (Wildman–Crippen LogP) is 3.55. The van der Waals surface area contributed by atoms with Crippen LogP contribution in [0, 0.1) is 17.5 Å². The maximum absolute atomic E-state index is 13.6. The largest absolute Gasteiger partial charge is 0.388 e. The third kappa shape index (κ3) is 9.20. The van der Waals surface area contributed by atoms with Crippen molar-refractivity contribution in [3.05, 3.63) is 29.6 Å². The SMILES string of the molecule is CCCC(O)(CCC)CNC(=NCC(=O)Nc1ccc(F)c(F)c1F)NCC.I. The van der Waals surface area contributed by atoms with Gasteiger partial charge in [-0.05, 0) is 31.9 Å². The lowest BCUT2D eigenvalue weighted by atomic mass is 9.93. The quantitative estimate of drug-likeness (QED) is 0.161. The summed E-state index contributed by atoms with van der Waals surface area (Å²) < 4.78 is 39.8. The number of benzene rings is 1. The van der Waals surface area contributed by atoms with Crippen LogP contribution in [0.4, 0.5) is 18.9 Å². The van der Waals surface area contributed by atoms with Gasteiger partial charge in [-0.25, -0.2) is 18.2 Å². The van der Waals surface area contributed by atoms with Crippen LogP contribution in [0.1, 0.15) is 46.5 Å². The number of nitrogens with one attached hydrogen (secondary N) is 3. The maximum atomic E-state index is 13.6. The second-order valence-corrected chi connectivity index (χ2v) is 6.54. The Morgan fingerprint density at radius 1 is 1.07 bits per heavy atom. The van der Waals surface area contributed by atoms with E-state index in [0.29, 0.717) is 25.3 Å². The highest BCUT2D eigenvalue weighted by Gasteiger charge is 2.25. The molecule has 1 rings (SSSR count). The van der Waals surface area contributed by atoms with Gasteiger partial charge in [-0.15, -0.1) is 24.0 Å². The average molecular weight is 530 g/mol. The molecule has 1 amide bonds. The van der Waals surface area contributed by atoms with Crippen molar-refractivity contribution in [1.29, 1.82) is 0 Å². The first kappa shape index (κ1) is 27.4. The summed E-state index contributed by atoms with van der Waals surface area (Å²) in [5.74, 6) is -4.83. The molecule has 4 N–H and O–H groups in total. The molecule has 6 nitrogen and oxygen atoms in total. The molecule has 0 radical (unpaired) electrons. The number of guanidine groups is 1. The molecule has 0 bridgehead atoms. The highest BCUT2D eigenvalue weighted by molar-refractivity contribution is 14.0. The van der Waals surface area contributed by atoms with Crippen molar-refractivity contribution < 1.29 is 23.1 Å². The number of anilines is 1. The number of hydrogen-bond donors (Lipinski definition) is 4. The lowest BCUT2D eigenvalue weighted by Gasteiger charge is -2.28. The van der Waals surface area contributed by atoms with E-state index in [1.165, 1.54) is 0 Å². The molecular formula is C19H30F3IN4O2. The number of amides is 1. The fourth-order valence-electron chi connectivity index (χ4n) is 2.79. The van der Waals surface area contributed by atoms with Gasteiger partial charge in [-0.3, -0.25) is 4.79 Å². The van der Waals surface area contributed by atoms with Gasteiger partial charge >= 0.3 is 0 Å². The molecule has 0 saturated carbocycles. The van der Waals surface area contributed by atoms with Crippen LogP contribution in [-0.2, 0) is 4.79 Å². The van der Waals surface area contributed by atoms with Gasteiger partial charge in [0.15, 0.2) is 23.4 Å². The number of carbonyl (C=O) groups excluding carboxylic acids is 1. The molecule has 166 valence electrons. The zero-order chi connectivity index (χ0) is 21.2. The summed E-state index contributed by atoms with van der Waals surface area (Å²) in [4.78, 5) is 16.1. The van der Waals surface area contributed by atoms with Crippen molar-refractivity contribution in [2.45, 2.75) is 52.1 Å². The average Bonchev–Trinajstić information content (AvgIpc) is 2.65. The van der Waals surface area contributed by atoms with Crippen molar-refractivity contribution >= 4 is 41.5 Å². The minimum absolute atomic E-state index is 0. The maximum Gasteiger partial charge on any atom is 0.246 e. The molecule has 0 aliphatic rings. The second-order valence-electron chi connectivity index (χ2n) is 6.54. The summed E-state index contributed by atoms with van der Waals surface area (Å²) in [7, 11) is 0. The van der Waals surface area contributed by atoms with Crippen LogP contribution < -0.4 is 16.0 Å². The van der Waals surface area contributed by atoms with Crippen molar-refractivity contribution in [1.82, 2.24) is 10.6 Å². The predicted molar refractivity (Wildman–Crippen MR) is 119 cm³/mol. The molecule has 0 unspecified atom stereocenters. The van der Waals surface area contributed by atoms with Gasteiger partial charge in [0.05, 0.1) is 11.3 Å². The van der Waals surface area contributed by atoms with Crippen LogP contribution in [0.25, 0.3) is 0 Å². The molecule has 29 heavy (non-hydrogen) atoms. The van der Waals surface area contributed by atoms with E-state index in [4.69, 9.17) is 0 Å². The van der Waals surface area contributed by atoms with Gasteiger partial charge in [0.1, 0.15) is 6.54 Å². The summed E-state index contributed by atoms with van der Waals surface area (Å²) in [6.45, 7) is 6.25. The minimum Gasteiger partial charge on any atom is -0.388 e. The lowest BCUT2D eigenvalue weighted by molar-refractivity contribution is -0.114. The summed E-state index contributed by atoms with van der Waals surface area (Å²) in [5, 5.41) is 18.8. The van der Waals surface area contributed by atoms with E-state index in [1.54, 1.807) is 0 Å². The highest BCUT2D eigenvalue weighted by Crippen LogP contribution is 2.20. The number of hydrogen-bond acceptors (Lipinski definition) is 3. The first-order valence-electron chi connectivity index (χ1n) is 9.44. The Morgan fingerprint density at radius 3 is 2.24 bits per heavy atom. The first-order chi connectivity index (χ1) is 13.3. The molecule has 0 saturated heterocycles. The molecular weight excluding hydrogens is 500 g/mol. The first-order valence-corrected chi connectivity index (χ1v) is 9.44. The van der Waals surface area contributed by atoms with E-state index in [0.717, 1.165) is 25.0 Å². The van der Waals surface area contributed by atoms with Gasteiger partial charge in [-0.1, -0.05) is 26.7 Å². The summed E-state index contributed by atoms with van der Waals surface area (Å²) in [6, 6.07) is 1.67. The van der Waals surface area contributed by atoms with Gasteiger partial charge in [0.2, 0.25) is 5.91 Å². The fraction of sp³-hybridized carbons (Fsp3) is 0.579. The third-order valence-corrected chi connectivity index (χ3v) is 4.05. The van der Waals surface area contributed by atoms with Crippen molar-refractivity contribution in [2.75, 3.05) is 25.0 Å². The van der Waals surface area contributed by atoms with Crippen LogP contribution in [0.3, 0.4) is 0 Å². The Hall–Kier alpha value is -1.56. The van der Waals surface area contributed by atoms with Gasteiger partial charge in [0.25, 0.3) is 0 Å². The standard InChI is InChI=1S/C19H29F3N4O2.HI/c1-4-9-19(28,10-5-2)12-25-18(23-6-3)24-11-15(27)26-14-8-7-13(20)16(21)17(14)22;/h7-8,28H,4-6,9-12H2,1-3H3,(H,26,27)(H2,23,24,25);1H. The highest BCUT2D eigenvalue weighted by atomic mass is 127. The van der Waals surface area contributed by atoms with E-state index in [2.05, 4.69) is 20.9 Å². The lowest BCUT2D eigenvalue weighted by Crippen LogP contribution is -2.47. The summed E-state index contributed by atoms with van der Waals surface area (Å²) in [5.41, 5.74) is -1.34. The molecule has 1 aromatic carbocycles. The Kier molecular flexibility index (Phi) is 12.9. The molecule has 0 fully saturated rings. The fourth-order valence-corrected chi connectivity index (χ4v) is 2.79. The zero-order valence-electron chi connectivity index (χ0n) is 16.9. The van der Waals surface area contributed by atoms with Crippen molar-refractivity contribution in [3.63, 3.8) is 0 Å². The van der Waals surface area contributed by atoms with Crippen LogP contribution in [0.15, 0.2) is 17.1 Å². The van der Waals surface area contributed by atoms with E-state index in [-0.39, 0.29) is 37.1 Å². The van der Waals surface area contributed by atoms with E-state index in [1.807, 2.05) is 20.8 Å². The molecule has 0 aliphatic heterocycles. The Balaban J connectivity index is 0.00000784. The number of aliphatic imine (C=N–C) groups is 1. The smallest absolute Gasteiger partial charge is 0.246 e. The Morgan fingerprint density at radius 2 is 1.69 bits per heavy atom. The van der Waals surface area contributed by atoms with E-state index in [9.17, 15) is 23.1 Å². The van der Waals surface area contributed by atoms with Gasteiger partial charge in [-0.2, -0.15) is 0 Å². The number of nitrogens with zero attached hydrogens (tertiary/aromatic N) is 1. The second kappa shape index (κ2) is 13.6. The topological polar surface area (TPSA) is 85.8 Å². The monoisotopic (exact) mass is 530 g/mol. The van der Waals surface area contributed by atoms with Crippen molar-refractivity contribution in [2.24, 2.45) is 4.99 Å². The molecule has 0 aliphatic carbocycles. The molecule has 1 aromatic rings. The zero-order valence-corrected chi connectivity index (χ0v) is 19.3. The molecule has 0 atom stereocenters. The minimum atomic E-state index is -1.65. The summed E-state index contributed by atoms with van der Waals surface area (Å²) >= 11 is 0. The van der Waals surface area contributed by atoms with E-state index >= 15 is 0 Å². The Bertz CT molecular complexity index is 684. The van der Waals surface area contributed by atoms with Crippen LogP contribution in [0.5, 0.6) is 0 Å². The molecule has 10 heteroatoms. The molecule has 0 heterocycles. The van der Waals surface area contributed by atoms with Crippen LogP contribution in [-0.4, -0.2) is 42.2 Å². The number of halogens is 4.